The first kappa shape index (κ1) is 14.3. The van der Waals surface area contributed by atoms with Gasteiger partial charge in [0.1, 0.15) is 18.8 Å². The van der Waals surface area contributed by atoms with Crippen LogP contribution >= 0.6 is 0 Å². The average Bonchev–Trinajstić information content (AvgIpc) is 3.05. The SMILES string of the molecule is O=C(O)C1CCN(c2cc(OCc3ccccc3)ncn2)C1. The number of ether oxygens (including phenoxy) is 1. The molecule has 1 aromatic carbocycles. The summed E-state index contributed by atoms with van der Waals surface area (Å²) in [6.45, 7) is 1.60. The summed E-state index contributed by atoms with van der Waals surface area (Å²) in [5.41, 5.74) is 1.06. The minimum absolute atomic E-state index is 0.330. The lowest BCUT2D eigenvalue weighted by Crippen LogP contribution is -2.23. The van der Waals surface area contributed by atoms with E-state index >= 15 is 0 Å². The second-order valence-electron chi connectivity index (χ2n) is 5.26. The van der Waals surface area contributed by atoms with Gasteiger partial charge in [-0.3, -0.25) is 4.79 Å². The molecule has 1 aliphatic heterocycles. The number of carboxylic acids is 1. The zero-order valence-electron chi connectivity index (χ0n) is 12.1. The van der Waals surface area contributed by atoms with Gasteiger partial charge in [0.2, 0.25) is 5.88 Å². The first-order valence-electron chi connectivity index (χ1n) is 7.19. The molecule has 1 saturated heterocycles. The zero-order valence-corrected chi connectivity index (χ0v) is 12.1. The molecular formula is C16H17N3O3. The molecule has 0 aliphatic carbocycles. The third kappa shape index (κ3) is 3.33. The van der Waals surface area contributed by atoms with E-state index in [-0.39, 0.29) is 5.92 Å². The maximum atomic E-state index is 11.0. The van der Waals surface area contributed by atoms with Crippen molar-refractivity contribution < 1.29 is 14.6 Å². The van der Waals surface area contributed by atoms with Crippen molar-refractivity contribution >= 4 is 11.8 Å². The molecule has 0 spiro atoms. The minimum atomic E-state index is -0.753. The molecule has 1 fully saturated rings. The van der Waals surface area contributed by atoms with Crippen LogP contribution in [0.25, 0.3) is 0 Å². The van der Waals surface area contributed by atoms with Gasteiger partial charge in [-0.15, -0.1) is 0 Å². The van der Waals surface area contributed by atoms with Crippen molar-refractivity contribution in [2.75, 3.05) is 18.0 Å². The normalized spacial score (nSPS) is 17.5. The molecule has 0 radical (unpaired) electrons. The van der Waals surface area contributed by atoms with Crippen molar-refractivity contribution in [2.45, 2.75) is 13.0 Å². The van der Waals surface area contributed by atoms with E-state index in [0.29, 0.717) is 37.8 Å². The quantitative estimate of drug-likeness (QED) is 0.909. The molecule has 1 aliphatic rings. The lowest BCUT2D eigenvalue weighted by atomic mass is 10.1. The molecule has 1 unspecified atom stereocenters. The summed E-state index contributed by atoms with van der Waals surface area (Å²) >= 11 is 0. The van der Waals surface area contributed by atoms with E-state index in [1.54, 1.807) is 6.07 Å². The second kappa shape index (κ2) is 6.43. The molecule has 0 amide bonds. The van der Waals surface area contributed by atoms with Crippen molar-refractivity contribution in [2.24, 2.45) is 5.92 Å². The fraction of sp³-hybridized carbons (Fsp3) is 0.312. The Balaban J connectivity index is 1.64. The van der Waals surface area contributed by atoms with Gasteiger partial charge < -0.3 is 14.7 Å². The van der Waals surface area contributed by atoms with Crippen molar-refractivity contribution in [3.8, 4) is 5.88 Å². The van der Waals surface area contributed by atoms with Crippen LogP contribution in [0.2, 0.25) is 0 Å². The number of rotatable bonds is 5. The van der Waals surface area contributed by atoms with Crippen LogP contribution in [-0.2, 0) is 11.4 Å². The molecule has 22 heavy (non-hydrogen) atoms. The zero-order chi connectivity index (χ0) is 15.4. The van der Waals surface area contributed by atoms with Crippen LogP contribution in [0.1, 0.15) is 12.0 Å². The summed E-state index contributed by atoms with van der Waals surface area (Å²) in [6.07, 6.45) is 2.09. The molecule has 1 aromatic heterocycles. The molecule has 2 aromatic rings. The molecule has 6 nitrogen and oxygen atoms in total. The van der Waals surface area contributed by atoms with Crippen LogP contribution in [0.15, 0.2) is 42.7 Å². The third-order valence-electron chi connectivity index (χ3n) is 3.72. The molecule has 6 heteroatoms. The topological polar surface area (TPSA) is 75.5 Å². The third-order valence-corrected chi connectivity index (χ3v) is 3.72. The first-order valence-corrected chi connectivity index (χ1v) is 7.19. The maximum Gasteiger partial charge on any atom is 0.308 e. The molecule has 2 heterocycles. The number of carboxylic acid groups (broad SMARTS) is 1. The number of carbonyl (C=O) groups is 1. The Morgan fingerprint density at radius 2 is 2.14 bits per heavy atom. The van der Waals surface area contributed by atoms with Gasteiger partial charge >= 0.3 is 5.97 Å². The van der Waals surface area contributed by atoms with E-state index in [2.05, 4.69) is 9.97 Å². The summed E-state index contributed by atoms with van der Waals surface area (Å²) < 4.78 is 5.67. The Bertz CT molecular complexity index is 648. The molecule has 1 N–H and O–H groups in total. The van der Waals surface area contributed by atoms with Crippen molar-refractivity contribution in [1.29, 1.82) is 0 Å². The van der Waals surface area contributed by atoms with E-state index < -0.39 is 5.97 Å². The highest BCUT2D eigenvalue weighted by atomic mass is 16.5. The number of nitrogens with zero attached hydrogens (tertiary/aromatic N) is 3. The predicted octanol–water partition coefficient (Wildman–Crippen LogP) is 1.97. The Hall–Kier alpha value is -2.63. The van der Waals surface area contributed by atoms with Crippen molar-refractivity contribution in [3.05, 3.63) is 48.3 Å². The van der Waals surface area contributed by atoms with E-state index in [0.717, 1.165) is 5.56 Å². The standard InChI is InChI=1S/C16H17N3O3/c20-16(21)13-6-7-19(9-13)14-8-15(18-11-17-14)22-10-12-4-2-1-3-5-12/h1-5,8,11,13H,6-7,9-10H2,(H,20,21). The minimum Gasteiger partial charge on any atom is -0.481 e. The number of anilines is 1. The van der Waals surface area contributed by atoms with Crippen LogP contribution < -0.4 is 9.64 Å². The van der Waals surface area contributed by atoms with Gasteiger partial charge in [0.15, 0.2) is 0 Å². The number of benzene rings is 1. The van der Waals surface area contributed by atoms with Gasteiger partial charge in [0.05, 0.1) is 5.92 Å². The van der Waals surface area contributed by atoms with Gasteiger partial charge in [0, 0.05) is 19.2 Å². The average molecular weight is 299 g/mol. The van der Waals surface area contributed by atoms with E-state index in [1.165, 1.54) is 6.33 Å². The van der Waals surface area contributed by atoms with Gasteiger partial charge in [-0.05, 0) is 12.0 Å². The van der Waals surface area contributed by atoms with Gasteiger partial charge in [0.25, 0.3) is 0 Å². The molecule has 1 atom stereocenters. The van der Waals surface area contributed by atoms with Gasteiger partial charge in [-0.1, -0.05) is 30.3 Å². The Labute approximate surface area is 128 Å². The first-order chi connectivity index (χ1) is 10.7. The van der Waals surface area contributed by atoms with Crippen LogP contribution in [0.5, 0.6) is 5.88 Å². The Morgan fingerprint density at radius 1 is 1.32 bits per heavy atom. The highest BCUT2D eigenvalue weighted by Crippen LogP contribution is 2.24. The van der Waals surface area contributed by atoms with E-state index in [4.69, 9.17) is 9.84 Å². The molecule has 3 rings (SSSR count). The Morgan fingerprint density at radius 3 is 2.86 bits per heavy atom. The van der Waals surface area contributed by atoms with Crippen molar-refractivity contribution in [3.63, 3.8) is 0 Å². The van der Waals surface area contributed by atoms with Crippen LogP contribution in [0.4, 0.5) is 5.82 Å². The second-order valence-corrected chi connectivity index (χ2v) is 5.26. The fourth-order valence-corrected chi connectivity index (χ4v) is 2.48. The molecule has 114 valence electrons. The Kier molecular flexibility index (Phi) is 4.18. The monoisotopic (exact) mass is 299 g/mol. The summed E-state index contributed by atoms with van der Waals surface area (Å²) in [5, 5.41) is 9.06. The number of aromatic nitrogens is 2. The van der Waals surface area contributed by atoms with Crippen LogP contribution in [-0.4, -0.2) is 34.1 Å². The fourth-order valence-electron chi connectivity index (χ4n) is 2.48. The van der Waals surface area contributed by atoms with Crippen LogP contribution in [0.3, 0.4) is 0 Å². The lowest BCUT2D eigenvalue weighted by Gasteiger charge is -2.17. The van der Waals surface area contributed by atoms with Gasteiger partial charge in [-0.25, -0.2) is 9.97 Å². The van der Waals surface area contributed by atoms with E-state index in [1.807, 2.05) is 35.2 Å². The molecule has 0 saturated carbocycles. The maximum absolute atomic E-state index is 11.0. The lowest BCUT2D eigenvalue weighted by molar-refractivity contribution is -0.140. The largest absolute Gasteiger partial charge is 0.481 e. The number of hydrogen-bond acceptors (Lipinski definition) is 5. The molecular weight excluding hydrogens is 282 g/mol. The molecule has 0 bridgehead atoms. The highest BCUT2D eigenvalue weighted by molar-refractivity contribution is 5.71. The highest BCUT2D eigenvalue weighted by Gasteiger charge is 2.28. The summed E-state index contributed by atoms with van der Waals surface area (Å²) in [7, 11) is 0. The van der Waals surface area contributed by atoms with E-state index in [9.17, 15) is 4.79 Å². The van der Waals surface area contributed by atoms with Gasteiger partial charge in [-0.2, -0.15) is 0 Å². The number of hydrogen-bond donors (Lipinski definition) is 1. The summed E-state index contributed by atoms with van der Waals surface area (Å²) in [4.78, 5) is 21.3. The summed E-state index contributed by atoms with van der Waals surface area (Å²) in [6, 6.07) is 11.6. The predicted molar refractivity (Wildman–Crippen MR) is 80.8 cm³/mol. The van der Waals surface area contributed by atoms with Crippen molar-refractivity contribution in [1.82, 2.24) is 9.97 Å². The van der Waals surface area contributed by atoms with Crippen LogP contribution in [0, 0.1) is 5.92 Å². The number of aliphatic carboxylic acids is 1. The smallest absolute Gasteiger partial charge is 0.308 e. The summed E-state index contributed by atoms with van der Waals surface area (Å²) in [5.74, 6) is 0.121.